The molecule has 96 valence electrons. The minimum Gasteiger partial charge on any atom is -0.399 e. The van der Waals surface area contributed by atoms with Crippen LogP contribution in [-0.4, -0.2) is 13.6 Å². The van der Waals surface area contributed by atoms with E-state index in [4.69, 9.17) is 5.73 Å². The summed E-state index contributed by atoms with van der Waals surface area (Å²) in [6, 6.07) is 3.63. The zero-order valence-corrected chi connectivity index (χ0v) is 10.2. The highest BCUT2D eigenvalue weighted by molar-refractivity contribution is 5.58. The van der Waals surface area contributed by atoms with Crippen LogP contribution in [0.25, 0.3) is 0 Å². The van der Waals surface area contributed by atoms with Crippen LogP contribution in [0.5, 0.6) is 0 Å². The van der Waals surface area contributed by atoms with E-state index >= 15 is 0 Å². The Labute approximate surface area is 99.2 Å². The fraction of sp³-hybridized carbons (Fsp3) is 0.500. The number of anilines is 2. The van der Waals surface area contributed by atoms with Gasteiger partial charge in [-0.2, -0.15) is 13.2 Å². The second kappa shape index (κ2) is 4.85. The number of halogens is 3. The monoisotopic (exact) mass is 246 g/mol. The first-order chi connectivity index (χ1) is 7.70. The third-order valence-electron chi connectivity index (χ3n) is 2.35. The molecular weight excluding hydrogens is 229 g/mol. The zero-order valence-electron chi connectivity index (χ0n) is 10.2. The largest absolute Gasteiger partial charge is 0.416 e. The Morgan fingerprint density at radius 3 is 2.29 bits per heavy atom. The molecule has 1 rings (SSSR count). The summed E-state index contributed by atoms with van der Waals surface area (Å²) in [5.41, 5.74) is 5.41. The van der Waals surface area contributed by atoms with Crippen LogP contribution in [0.15, 0.2) is 18.2 Å². The van der Waals surface area contributed by atoms with Crippen molar-refractivity contribution in [2.24, 2.45) is 5.92 Å². The smallest absolute Gasteiger partial charge is 0.399 e. The van der Waals surface area contributed by atoms with Crippen LogP contribution >= 0.6 is 0 Å². The molecule has 0 fully saturated rings. The molecule has 0 aliphatic heterocycles. The van der Waals surface area contributed by atoms with Crippen LogP contribution in [-0.2, 0) is 6.18 Å². The van der Waals surface area contributed by atoms with E-state index in [1.165, 1.54) is 0 Å². The molecule has 1 aromatic rings. The van der Waals surface area contributed by atoms with Crippen molar-refractivity contribution in [3.8, 4) is 0 Å². The molecule has 5 heteroatoms. The number of benzene rings is 1. The predicted octanol–water partition coefficient (Wildman–Crippen LogP) is 3.38. The summed E-state index contributed by atoms with van der Waals surface area (Å²) in [4.78, 5) is 1.77. The van der Waals surface area contributed by atoms with E-state index in [1.54, 1.807) is 18.0 Å². The van der Waals surface area contributed by atoms with E-state index in [-0.39, 0.29) is 5.69 Å². The molecule has 0 saturated heterocycles. The third kappa shape index (κ3) is 3.84. The van der Waals surface area contributed by atoms with E-state index in [0.29, 0.717) is 18.2 Å². The molecule has 0 atom stereocenters. The van der Waals surface area contributed by atoms with Crippen LogP contribution in [0.1, 0.15) is 19.4 Å². The van der Waals surface area contributed by atoms with Crippen molar-refractivity contribution < 1.29 is 13.2 Å². The molecule has 17 heavy (non-hydrogen) atoms. The summed E-state index contributed by atoms with van der Waals surface area (Å²) < 4.78 is 37.8. The van der Waals surface area contributed by atoms with Gasteiger partial charge in [0.1, 0.15) is 0 Å². The van der Waals surface area contributed by atoms with Crippen molar-refractivity contribution in [1.82, 2.24) is 0 Å². The normalized spacial score (nSPS) is 11.9. The fourth-order valence-corrected chi connectivity index (χ4v) is 1.67. The molecule has 0 radical (unpaired) electrons. The van der Waals surface area contributed by atoms with Gasteiger partial charge in [-0.15, -0.1) is 0 Å². The number of rotatable bonds is 3. The SMILES string of the molecule is CC(C)CN(C)c1cc(N)cc(C(F)(F)F)c1. The maximum atomic E-state index is 12.6. The Kier molecular flexibility index (Phi) is 3.91. The molecular formula is C12H17F3N2. The number of hydrogen-bond acceptors (Lipinski definition) is 2. The first kappa shape index (κ1) is 13.7. The standard InChI is InChI=1S/C12H17F3N2/c1-8(2)7-17(3)11-5-9(12(13,14)15)4-10(16)6-11/h4-6,8H,7,16H2,1-3H3. The van der Waals surface area contributed by atoms with Gasteiger partial charge in [0.2, 0.25) is 0 Å². The molecule has 2 nitrogen and oxygen atoms in total. The van der Waals surface area contributed by atoms with Gasteiger partial charge in [0.05, 0.1) is 5.56 Å². The summed E-state index contributed by atoms with van der Waals surface area (Å²) in [6.07, 6.45) is -4.36. The maximum absolute atomic E-state index is 12.6. The van der Waals surface area contributed by atoms with E-state index in [1.807, 2.05) is 13.8 Å². The van der Waals surface area contributed by atoms with Crippen molar-refractivity contribution in [2.75, 3.05) is 24.2 Å². The van der Waals surface area contributed by atoms with Gasteiger partial charge >= 0.3 is 6.18 Å². The van der Waals surface area contributed by atoms with Gasteiger partial charge < -0.3 is 10.6 Å². The lowest BCUT2D eigenvalue weighted by molar-refractivity contribution is -0.137. The summed E-state index contributed by atoms with van der Waals surface area (Å²) in [5, 5.41) is 0. The van der Waals surface area contributed by atoms with E-state index in [0.717, 1.165) is 12.1 Å². The van der Waals surface area contributed by atoms with E-state index < -0.39 is 11.7 Å². The summed E-state index contributed by atoms with van der Waals surface area (Å²) in [5.74, 6) is 0.371. The van der Waals surface area contributed by atoms with Crippen molar-refractivity contribution in [2.45, 2.75) is 20.0 Å². The molecule has 0 amide bonds. The first-order valence-electron chi connectivity index (χ1n) is 5.39. The molecule has 0 aromatic heterocycles. The highest BCUT2D eigenvalue weighted by Crippen LogP contribution is 2.33. The van der Waals surface area contributed by atoms with Crippen LogP contribution in [0.3, 0.4) is 0 Å². The molecule has 0 saturated carbocycles. The topological polar surface area (TPSA) is 29.3 Å². The molecule has 2 N–H and O–H groups in total. The zero-order chi connectivity index (χ0) is 13.2. The van der Waals surface area contributed by atoms with Crippen LogP contribution < -0.4 is 10.6 Å². The van der Waals surface area contributed by atoms with Gasteiger partial charge in [-0.1, -0.05) is 13.8 Å². The number of alkyl halides is 3. The first-order valence-corrected chi connectivity index (χ1v) is 5.39. The number of nitrogen functional groups attached to an aromatic ring is 1. The molecule has 1 aromatic carbocycles. The molecule has 0 unspecified atom stereocenters. The van der Waals surface area contributed by atoms with Gasteiger partial charge in [-0.05, 0) is 24.1 Å². The minimum atomic E-state index is -4.36. The second-order valence-electron chi connectivity index (χ2n) is 4.59. The Bertz CT molecular complexity index is 386. The average molecular weight is 246 g/mol. The molecule has 0 heterocycles. The molecule has 0 spiro atoms. The van der Waals surface area contributed by atoms with Crippen molar-refractivity contribution >= 4 is 11.4 Å². The number of hydrogen-bond donors (Lipinski definition) is 1. The van der Waals surface area contributed by atoms with Crippen molar-refractivity contribution in [3.05, 3.63) is 23.8 Å². The Balaban J connectivity index is 3.05. The maximum Gasteiger partial charge on any atom is 0.416 e. The van der Waals surface area contributed by atoms with Gasteiger partial charge in [0, 0.05) is 25.0 Å². The number of nitrogens with zero attached hydrogens (tertiary/aromatic N) is 1. The average Bonchev–Trinajstić information content (AvgIpc) is 2.14. The summed E-state index contributed by atoms with van der Waals surface area (Å²) >= 11 is 0. The molecule has 0 aliphatic carbocycles. The Morgan fingerprint density at radius 2 is 1.82 bits per heavy atom. The van der Waals surface area contributed by atoms with Crippen molar-refractivity contribution in [1.29, 1.82) is 0 Å². The van der Waals surface area contributed by atoms with E-state index in [9.17, 15) is 13.2 Å². The lowest BCUT2D eigenvalue weighted by Crippen LogP contribution is -2.23. The van der Waals surface area contributed by atoms with Crippen LogP contribution in [0.2, 0.25) is 0 Å². The molecule has 0 bridgehead atoms. The quantitative estimate of drug-likeness (QED) is 0.828. The fourth-order valence-electron chi connectivity index (χ4n) is 1.67. The van der Waals surface area contributed by atoms with Gasteiger partial charge in [0.15, 0.2) is 0 Å². The molecule has 0 aliphatic rings. The Hall–Kier alpha value is -1.39. The van der Waals surface area contributed by atoms with E-state index in [2.05, 4.69) is 0 Å². The second-order valence-corrected chi connectivity index (χ2v) is 4.59. The predicted molar refractivity (Wildman–Crippen MR) is 64.0 cm³/mol. The van der Waals surface area contributed by atoms with Crippen LogP contribution in [0.4, 0.5) is 24.5 Å². The summed E-state index contributed by atoms with van der Waals surface area (Å²) in [6.45, 7) is 4.70. The third-order valence-corrected chi connectivity index (χ3v) is 2.35. The summed E-state index contributed by atoms with van der Waals surface area (Å²) in [7, 11) is 1.76. The van der Waals surface area contributed by atoms with Gasteiger partial charge in [-0.3, -0.25) is 0 Å². The van der Waals surface area contributed by atoms with Crippen molar-refractivity contribution in [3.63, 3.8) is 0 Å². The number of nitrogens with two attached hydrogens (primary N) is 1. The van der Waals surface area contributed by atoms with Crippen LogP contribution in [0, 0.1) is 5.92 Å². The minimum absolute atomic E-state index is 0.130. The highest BCUT2D eigenvalue weighted by atomic mass is 19.4. The Morgan fingerprint density at radius 1 is 1.24 bits per heavy atom. The lowest BCUT2D eigenvalue weighted by Gasteiger charge is -2.23. The van der Waals surface area contributed by atoms with Gasteiger partial charge in [-0.25, -0.2) is 0 Å². The van der Waals surface area contributed by atoms with Gasteiger partial charge in [0.25, 0.3) is 0 Å². The highest BCUT2D eigenvalue weighted by Gasteiger charge is 2.31. The lowest BCUT2D eigenvalue weighted by atomic mass is 10.1.